The normalized spacial score (nSPS) is 14.7. The minimum Gasteiger partial charge on any atom is -0.492 e. The third-order valence-corrected chi connectivity index (χ3v) is 10.2. The molecule has 0 unspecified atom stereocenters. The molecule has 1 saturated heterocycles. The van der Waals surface area contributed by atoms with Gasteiger partial charge in [0.1, 0.15) is 11.9 Å². The quantitative estimate of drug-likeness (QED) is 0.357. The maximum absolute atomic E-state index is 13.3. The van der Waals surface area contributed by atoms with E-state index in [9.17, 15) is 9.59 Å². The van der Waals surface area contributed by atoms with Gasteiger partial charge in [-0.25, -0.2) is 4.79 Å². The minimum absolute atomic E-state index is 0. The van der Waals surface area contributed by atoms with Crippen molar-refractivity contribution in [2.24, 2.45) is 0 Å². The summed E-state index contributed by atoms with van der Waals surface area (Å²) in [7, 11) is -1.46. The molecule has 6 heteroatoms. The van der Waals surface area contributed by atoms with Crippen molar-refractivity contribution >= 4 is 24.8 Å². The lowest BCUT2D eigenvalue weighted by atomic mass is 10.1. The Balaban J connectivity index is 0.00000363. The highest BCUT2D eigenvalue weighted by molar-refractivity contribution is 7.76. The van der Waals surface area contributed by atoms with E-state index in [0.29, 0.717) is 29.8 Å². The van der Waals surface area contributed by atoms with E-state index in [-0.39, 0.29) is 19.9 Å². The van der Waals surface area contributed by atoms with E-state index >= 15 is 0 Å². The Morgan fingerprint density at radius 2 is 1.66 bits per heavy atom. The summed E-state index contributed by atoms with van der Waals surface area (Å²) < 4.78 is 10.9. The summed E-state index contributed by atoms with van der Waals surface area (Å²) in [5.74, 6) is 0.00942. The van der Waals surface area contributed by atoms with Crippen LogP contribution in [0.15, 0.2) is 48.5 Å². The van der Waals surface area contributed by atoms with E-state index in [2.05, 4.69) is 29.6 Å². The number of carbonyl (C=O) groups excluding carboxylic acids is 2. The molecular weight excluding hydrogens is 421 g/mol. The van der Waals surface area contributed by atoms with Crippen molar-refractivity contribution in [1.82, 2.24) is 0 Å². The molecule has 1 aliphatic heterocycles. The fraction of sp³-hybridized carbons (Fsp3) is 0.462. The number of esters is 1. The summed E-state index contributed by atoms with van der Waals surface area (Å²) >= 11 is 0. The Labute approximate surface area is 193 Å². The lowest BCUT2D eigenvalue weighted by Gasteiger charge is -2.31. The van der Waals surface area contributed by atoms with Crippen LogP contribution in [0.25, 0.3) is 0 Å². The van der Waals surface area contributed by atoms with Crippen molar-refractivity contribution in [1.29, 1.82) is 0 Å². The molecule has 0 spiro atoms. The van der Waals surface area contributed by atoms with Crippen molar-refractivity contribution < 1.29 is 19.1 Å². The summed E-state index contributed by atoms with van der Waals surface area (Å²) in [6, 6.07) is 15.7. The predicted octanol–water partition coefficient (Wildman–Crippen LogP) is 6.24. The zero-order chi connectivity index (χ0) is 22.1. The first-order chi connectivity index (χ1) is 15.1. The Kier molecular flexibility index (Phi) is 10.2. The lowest BCUT2D eigenvalue weighted by Crippen LogP contribution is -2.26. The number of benzene rings is 2. The van der Waals surface area contributed by atoms with Crippen LogP contribution < -0.4 is 10.1 Å². The number of hydrogen-bond donors (Lipinski definition) is 1. The molecule has 0 aliphatic carbocycles. The lowest BCUT2D eigenvalue weighted by molar-refractivity contribution is -0.113. The standard InChI is InChI=1S/C25H32NO4P.CH4/c1-3-29-22-15-11-14-21(25(28)30-4-2)24(22)26-23(27)19-31(16-9-6-10-17-31)18-20-12-7-5-8-13-20;/h5,7-8,11-15H,3-4,6,9-10,16-19H2,1-2H3;1H4/p+1. The topological polar surface area (TPSA) is 64.6 Å². The molecule has 0 radical (unpaired) electrons. The molecular formula is C26H37NO4P+. The maximum atomic E-state index is 13.3. The number of amides is 1. The largest absolute Gasteiger partial charge is 0.492 e. The Morgan fingerprint density at radius 3 is 2.31 bits per heavy atom. The molecule has 1 fully saturated rings. The van der Waals surface area contributed by atoms with E-state index in [4.69, 9.17) is 9.47 Å². The van der Waals surface area contributed by atoms with E-state index in [1.54, 1.807) is 25.1 Å². The van der Waals surface area contributed by atoms with Crippen LogP contribution in [0.2, 0.25) is 0 Å². The Bertz CT molecular complexity index is 879. The van der Waals surface area contributed by atoms with Crippen molar-refractivity contribution in [3.63, 3.8) is 0 Å². The monoisotopic (exact) mass is 458 g/mol. The van der Waals surface area contributed by atoms with Gasteiger partial charge in [0.15, 0.2) is 0 Å². The summed E-state index contributed by atoms with van der Waals surface area (Å²) in [6.07, 6.45) is 7.46. The molecule has 2 aromatic rings. The molecule has 174 valence electrons. The molecule has 1 heterocycles. The number of para-hydroxylation sites is 1. The van der Waals surface area contributed by atoms with E-state index in [1.165, 1.54) is 24.8 Å². The van der Waals surface area contributed by atoms with Crippen LogP contribution >= 0.6 is 7.26 Å². The number of rotatable bonds is 9. The van der Waals surface area contributed by atoms with Crippen LogP contribution in [0.1, 0.15) is 56.5 Å². The maximum Gasteiger partial charge on any atom is 0.340 e. The van der Waals surface area contributed by atoms with Gasteiger partial charge in [0.05, 0.1) is 43.0 Å². The van der Waals surface area contributed by atoms with E-state index in [1.807, 2.05) is 13.0 Å². The van der Waals surface area contributed by atoms with E-state index < -0.39 is 13.2 Å². The summed E-state index contributed by atoms with van der Waals surface area (Å²) in [6.45, 7) is 4.37. The molecule has 2 aromatic carbocycles. The molecule has 0 aromatic heterocycles. The van der Waals surface area contributed by atoms with Gasteiger partial charge in [-0.3, -0.25) is 4.79 Å². The second-order valence-corrected chi connectivity index (χ2v) is 12.2. The Hall–Kier alpha value is -2.39. The number of anilines is 1. The second-order valence-electron chi connectivity index (χ2n) is 8.03. The van der Waals surface area contributed by atoms with Gasteiger partial charge in [-0.1, -0.05) is 43.8 Å². The average Bonchev–Trinajstić information content (AvgIpc) is 2.76. The average molecular weight is 459 g/mol. The van der Waals surface area contributed by atoms with Crippen molar-refractivity contribution in [2.45, 2.75) is 46.7 Å². The highest BCUT2D eigenvalue weighted by Crippen LogP contribution is 2.64. The van der Waals surface area contributed by atoms with Gasteiger partial charge in [0.25, 0.3) is 5.91 Å². The van der Waals surface area contributed by atoms with Crippen molar-refractivity contribution in [3.8, 4) is 5.75 Å². The molecule has 32 heavy (non-hydrogen) atoms. The Morgan fingerprint density at radius 1 is 0.938 bits per heavy atom. The van der Waals surface area contributed by atoms with Crippen LogP contribution in [-0.4, -0.2) is 43.6 Å². The second kappa shape index (κ2) is 12.6. The smallest absolute Gasteiger partial charge is 0.340 e. The van der Waals surface area contributed by atoms with Gasteiger partial charge < -0.3 is 14.8 Å². The first-order valence-electron chi connectivity index (χ1n) is 11.2. The first kappa shape index (κ1) is 25.9. The van der Waals surface area contributed by atoms with Crippen LogP contribution in [-0.2, 0) is 15.7 Å². The summed E-state index contributed by atoms with van der Waals surface area (Å²) in [5, 5.41) is 3.02. The van der Waals surface area contributed by atoms with E-state index in [0.717, 1.165) is 18.5 Å². The number of hydrogen-bond acceptors (Lipinski definition) is 4. The zero-order valence-electron chi connectivity index (χ0n) is 18.6. The molecule has 3 rings (SSSR count). The SMILES string of the molecule is C.CCOC(=O)c1cccc(OCC)c1NC(=O)C[P+]1(Cc2ccccc2)CCCCC1. The van der Waals surface area contributed by atoms with Crippen molar-refractivity contribution in [2.75, 3.05) is 37.0 Å². The highest BCUT2D eigenvalue weighted by Gasteiger charge is 2.41. The van der Waals surface area contributed by atoms with Gasteiger partial charge in [-0.2, -0.15) is 0 Å². The predicted molar refractivity (Wildman–Crippen MR) is 134 cm³/mol. The van der Waals surface area contributed by atoms with Gasteiger partial charge in [0.2, 0.25) is 0 Å². The number of ether oxygens (including phenoxy) is 2. The molecule has 5 nitrogen and oxygen atoms in total. The first-order valence-corrected chi connectivity index (χ1v) is 13.7. The molecule has 0 saturated carbocycles. The molecule has 0 atom stereocenters. The fourth-order valence-corrected chi connectivity index (χ4v) is 8.75. The third kappa shape index (κ3) is 6.80. The van der Waals surface area contributed by atoms with Crippen molar-refractivity contribution in [3.05, 3.63) is 59.7 Å². The molecule has 0 bridgehead atoms. The van der Waals surface area contributed by atoms with Gasteiger partial charge in [-0.15, -0.1) is 0 Å². The third-order valence-electron chi connectivity index (χ3n) is 5.69. The molecule has 1 amide bonds. The van der Waals surface area contributed by atoms with Gasteiger partial charge in [0, 0.05) is 7.26 Å². The molecule has 1 N–H and O–H groups in total. The van der Waals surface area contributed by atoms with Crippen LogP contribution in [0.3, 0.4) is 0 Å². The number of carbonyl (C=O) groups is 2. The fourth-order valence-electron chi connectivity index (χ4n) is 4.32. The van der Waals surface area contributed by atoms with Crippen LogP contribution in [0.5, 0.6) is 5.75 Å². The molecule has 1 aliphatic rings. The van der Waals surface area contributed by atoms with Gasteiger partial charge >= 0.3 is 5.97 Å². The summed E-state index contributed by atoms with van der Waals surface area (Å²) in [5.41, 5.74) is 2.07. The van der Waals surface area contributed by atoms with Gasteiger partial charge in [-0.05, 0) is 50.8 Å². The minimum atomic E-state index is -1.46. The summed E-state index contributed by atoms with van der Waals surface area (Å²) in [4.78, 5) is 25.7. The van der Waals surface area contributed by atoms with Crippen LogP contribution in [0, 0.1) is 0 Å². The number of nitrogens with one attached hydrogen (secondary N) is 1. The van der Waals surface area contributed by atoms with Crippen LogP contribution in [0.4, 0.5) is 5.69 Å². The highest BCUT2D eigenvalue weighted by atomic mass is 31.2. The zero-order valence-corrected chi connectivity index (χ0v) is 19.5.